The SMILES string of the molecule is CC(F)(F)C(N)Cc1ccc(Cl)cc1. The zero-order valence-electron chi connectivity index (χ0n) is 7.81. The highest BCUT2D eigenvalue weighted by molar-refractivity contribution is 6.30. The number of alkyl halides is 2. The average Bonchev–Trinajstić information content (AvgIpc) is 2.07. The van der Waals surface area contributed by atoms with Gasteiger partial charge in [0.2, 0.25) is 0 Å². The van der Waals surface area contributed by atoms with E-state index in [9.17, 15) is 8.78 Å². The summed E-state index contributed by atoms with van der Waals surface area (Å²) in [7, 11) is 0. The lowest BCUT2D eigenvalue weighted by Gasteiger charge is -2.18. The van der Waals surface area contributed by atoms with Crippen LogP contribution in [0.15, 0.2) is 24.3 Å². The van der Waals surface area contributed by atoms with Crippen LogP contribution in [-0.4, -0.2) is 12.0 Å². The molecular weight excluding hydrogens is 208 g/mol. The van der Waals surface area contributed by atoms with Gasteiger partial charge in [-0.2, -0.15) is 0 Å². The molecule has 1 rings (SSSR count). The first-order valence-electron chi connectivity index (χ1n) is 4.27. The maximum Gasteiger partial charge on any atom is 0.260 e. The third kappa shape index (κ3) is 3.24. The van der Waals surface area contributed by atoms with E-state index in [1.54, 1.807) is 24.3 Å². The molecule has 0 heterocycles. The highest BCUT2D eigenvalue weighted by atomic mass is 35.5. The van der Waals surface area contributed by atoms with Crippen molar-refractivity contribution in [2.24, 2.45) is 5.73 Å². The van der Waals surface area contributed by atoms with Crippen LogP contribution in [0.25, 0.3) is 0 Å². The maximum absolute atomic E-state index is 12.7. The monoisotopic (exact) mass is 219 g/mol. The molecule has 0 aliphatic heterocycles. The van der Waals surface area contributed by atoms with E-state index in [0.717, 1.165) is 12.5 Å². The molecule has 14 heavy (non-hydrogen) atoms. The Bertz CT molecular complexity index is 292. The molecule has 1 aromatic rings. The van der Waals surface area contributed by atoms with Crippen LogP contribution in [0, 0.1) is 0 Å². The third-order valence-corrected chi connectivity index (χ3v) is 2.27. The average molecular weight is 220 g/mol. The van der Waals surface area contributed by atoms with E-state index >= 15 is 0 Å². The second-order valence-electron chi connectivity index (χ2n) is 3.39. The fourth-order valence-electron chi connectivity index (χ4n) is 1.05. The Hall–Kier alpha value is -0.670. The number of hydrogen-bond acceptors (Lipinski definition) is 1. The van der Waals surface area contributed by atoms with Gasteiger partial charge in [0.05, 0.1) is 6.04 Å². The molecule has 0 saturated heterocycles. The Morgan fingerprint density at radius 2 is 1.86 bits per heavy atom. The fourth-order valence-corrected chi connectivity index (χ4v) is 1.18. The molecule has 1 unspecified atom stereocenters. The van der Waals surface area contributed by atoms with Crippen molar-refractivity contribution in [2.45, 2.75) is 25.3 Å². The molecule has 0 saturated carbocycles. The van der Waals surface area contributed by atoms with Crippen molar-refractivity contribution in [3.8, 4) is 0 Å². The van der Waals surface area contributed by atoms with Gasteiger partial charge in [0.15, 0.2) is 0 Å². The standard InChI is InChI=1S/C10H12ClF2N/c1-10(12,13)9(14)6-7-2-4-8(11)5-3-7/h2-5,9H,6,14H2,1H3. The van der Waals surface area contributed by atoms with Crippen molar-refractivity contribution >= 4 is 11.6 Å². The molecule has 4 heteroatoms. The molecule has 0 amide bonds. The molecular formula is C10H12ClF2N. The normalized spacial score (nSPS) is 14.1. The van der Waals surface area contributed by atoms with Crippen LogP contribution in [0.4, 0.5) is 8.78 Å². The van der Waals surface area contributed by atoms with Gasteiger partial charge < -0.3 is 5.73 Å². The molecule has 1 nitrogen and oxygen atoms in total. The van der Waals surface area contributed by atoms with Gasteiger partial charge in [-0.1, -0.05) is 23.7 Å². The van der Waals surface area contributed by atoms with Crippen molar-refractivity contribution < 1.29 is 8.78 Å². The highest BCUT2D eigenvalue weighted by Crippen LogP contribution is 2.19. The number of halogens is 3. The zero-order chi connectivity index (χ0) is 10.8. The summed E-state index contributed by atoms with van der Waals surface area (Å²) in [4.78, 5) is 0. The summed E-state index contributed by atoms with van der Waals surface area (Å²) in [6.45, 7) is 0.827. The topological polar surface area (TPSA) is 26.0 Å². The predicted molar refractivity (Wildman–Crippen MR) is 53.8 cm³/mol. The first kappa shape index (κ1) is 11.4. The van der Waals surface area contributed by atoms with Crippen molar-refractivity contribution in [3.63, 3.8) is 0 Å². The van der Waals surface area contributed by atoms with Gasteiger partial charge >= 0.3 is 0 Å². The van der Waals surface area contributed by atoms with Gasteiger partial charge in [-0.3, -0.25) is 0 Å². The quantitative estimate of drug-likeness (QED) is 0.831. The van der Waals surface area contributed by atoms with Crippen LogP contribution in [0.5, 0.6) is 0 Å². The minimum atomic E-state index is -2.85. The Balaban J connectivity index is 2.65. The lowest BCUT2D eigenvalue weighted by molar-refractivity contribution is -0.00513. The Labute approximate surface area is 86.9 Å². The minimum Gasteiger partial charge on any atom is -0.322 e. The summed E-state index contributed by atoms with van der Waals surface area (Å²) in [6.07, 6.45) is 0.153. The van der Waals surface area contributed by atoms with Gasteiger partial charge in [0, 0.05) is 11.9 Å². The maximum atomic E-state index is 12.7. The van der Waals surface area contributed by atoms with Gasteiger partial charge in [0.1, 0.15) is 0 Å². The molecule has 1 atom stereocenters. The van der Waals surface area contributed by atoms with Crippen LogP contribution in [-0.2, 0) is 6.42 Å². The van der Waals surface area contributed by atoms with E-state index in [1.165, 1.54) is 0 Å². The lowest BCUT2D eigenvalue weighted by Crippen LogP contribution is -2.40. The summed E-state index contributed by atoms with van der Waals surface area (Å²) in [6, 6.07) is 5.58. The van der Waals surface area contributed by atoms with Crippen LogP contribution >= 0.6 is 11.6 Å². The first-order chi connectivity index (χ1) is 6.39. The summed E-state index contributed by atoms with van der Waals surface area (Å²) in [5.41, 5.74) is 6.10. The van der Waals surface area contributed by atoms with Gasteiger partial charge in [-0.25, -0.2) is 8.78 Å². The Kier molecular flexibility index (Phi) is 3.45. The zero-order valence-corrected chi connectivity index (χ0v) is 8.56. The van der Waals surface area contributed by atoms with Crippen LogP contribution in [0.3, 0.4) is 0 Å². The van der Waals surface area contributed by atoms with Crippen molar-refractivity contribution in [1.82, 2.24) is 0 Å². The van der Waals surface area contributed by atoms with Gasteiger partial charge in [-0.15, -0.1) is 0 Å². The molecule has 0 spiro atoms. The summed E-state index contributed by atoms with van der Waals surface area (Å²) in [5, 5.41) is 0.589. The molecule has 2 N–H and O–H groups in total. The smallest absolute Gasteiger partial charge is 0.260 e. The van der Waals surface area contributed by atoms with Crippen LogP contribution < -0.4 is 5.73 Å². The van der Waals surface area contributed by atoms with Crippen LogP contribution in [0.2, 0.25) is 5.02 Å². The van der Waals surface area contributed by atoms with E-state index in [4.69, 9.17) is 17.3 Å². The molecule has 0 bridgehead atoms. The minimum absolute atomic E-state index is 0.153. The number of nitrogens with two attached hydrogens (primary N) is 1. The summed E-state index contributed by atoms with van der Waals surface area (Å²) in [5.74, 6) is -2.85. The van der Waals surface area contributed by atoms with E-state index in [2.05, 4.69) is 0 Å². The van der Waals surface area contributed by atoms with E-state index < -0.39 is 12.0 Å². The second-order valence-corrected chi connectivity index (χ2v) is 3.83. The van der Waals surface area contributed by atoms with Gasteiger partial charge in [-0.05, 0) is 24.1 Å². The fraction of sp³-hybridized carbons (Fsp3) is 0.400. The summed E-state index contributed by atoms with van der Waals surface area (Å²) >= 11 is 5.66. The van der Waals surface area contributed by atoms with E-state index in [1.807, 2.05) is 0 Å². The molecule has 0 radical (unpaired) electrons. The molecule has 0 aliphatic rings. The lowest BCUT2D eigenvalue weighted by atomic mass is 10.0. The largest absolute Gasteiger partial charge is 0.322 e. The molecule has 0 fully saturated rings. The molecule has 0 aromatic heterocycles. The number of hydrogen-bond donors (Lipinski definition) is 1. The number of rotatable bonds is 3. The molecule has 78 valence electrons. The van der Waals surface area contributed by atoms with Crippen molar-refractivity contribution in [1.29, 1.82) is 0 Å². The predicted octanol–water partition coefficient (Wildman–Crippen LogP) is 2.87. The third-order valence-electron chi connectivity index (χ3n) is 2.02. The number of benzene rings is 1. The second kappa shape index (κ2) is 4.24. The van der Waals surface area contributed by atoms with E-state index in [0.29, 0.717) is 5.02 Å². The van der Waals surface area contributed by atoms with Crippen molar-refractivity contribution in [3.05, 3.63) is 34.9 Å². The molecule has 1 aromatic carbocycles. The first-order valence-corrected chi connectivity index (χ1v) is 4.65. The Morgan fingerprint density at radius 3 is 2.29 bits per heavy atom. The molecule has 0 aliphatic carbocycles. The summed E-state index contributed by atoms with van der Waals surface area (Å²) < 4.78 is 25.5. The van der Waals surface area contributed by atoms with E-state index in [-0.39, 0.29) is 6.42 Å². The highest BCUT2D eigenvalue weighted by Gasteiger charge is 2.30. The van der Waals surface area contributed by atoms with Crippen molar-refractivity contribution in [2.75, 3.05) is 0 Å². The van der Waals surface area contributed by atoms with Crippen LogP contribution in [0.1, 0.15) is 12.5 Å². The Morgan fingerprint density at radius 1 is 1.36 bits per heavy atom. The van der Waals surface area contributed by atoms with Gasteiger partial charge in [0.25, 0.3) is 5.92 Å².